The third-order valence-corrected chi connectivity index (χ3v) is 3.32. The van der Waals surface area contributed by atoms with Crippen molar-refractivity contribution in [1.29, 1.82) is 5.26 Å². The highest BCUT2D eigenvalue weighted by Gasteiger charge is 2.19. The van der Waals surface area contributed by atoms with Gasteiger partial charge in [-0.15, -0.1) is 0 Å². The van der Waals surface area contributed by atoms with E-state index in [1.165, 1.54) is 19.3 Å². The predicted molar refractivity (Wildman–Crippen MR) is 67.4 cm³/mol. The van der Waals surface area contributed by atoms with Crippen LogP contribution in [0.2, 0.25) is 0 Å². The van der Waals surface area contributed by atoms with Gasteiger partial charge in [0, 0.05) is 19.1 Å². The lowest BCUT2D eigenvalue weighted by Crippen LogP contribution is -2.46. The summed E-state index contributed by atoms with van der Waals surface area (Å²) >= 11 is 0. The highest BCUT2D eigenvalue weighted by atomic mass is 16.2. The molecular formula is C13H23N3O. The Hall–Kier alpha value is -1.24. The van der Waals surface area contributed by atoms with Crippen molar-refractivity contribution >= 4 is 6.03 Å². The number of rotatable bonds is 4. The molecule has 4 nitrogen and oxygen atoms in total. The summed E-state index contributed by atoms with van der Waals surface area (Å²) in [5.41, 5.74) is 0. The zero-order valence-electron chi connectivity index (χ0n) is 10.9. The Morgan fingerprint density at radius 1 is 1.47 bits per heavy atom. The average Bonchev–Trinajstić information content (AvgIpc) is 2.36. The van der Waals surface area contributed by atoms with Crippen LogP contribution in [0.5, 0.6) is 0 Å². The van der Waals surface area contributed by atoms with Crippen LogP contribution in [-0.4, -0.2) is 30.1 Å². The molecule has 0 radical (unpaired) electrons. The quantitative estimate of drug-likeness (QED) is 0.816. The van der Waals surface area contributed by atoms with Gasteiger partial charge in [-0.1, -0.05) is 19.3 Å². The minimum absolute atomic E-state index is 0.0125. The van der Waals surface area contributed by atoms with E-state index in [2.05, 4.69) is 11.4 Å². The van der Waals surface area contributed by atoms with E-state index in [1.807, 2.05) is 13.8 Å². The van der Waals surface area contributed by atoms with Crippen molar-refractivity contribution in [3.8, 4) is 6.07 Å². The van der Waals surface area contributed by atoms with Crippen molar-refractivity contribution < 1.29 is 4.79 Å². The fraction of sp³-hybridized carbons (Fsp3) is 0.846. The number of hydrogen-bond donors (Lipinski definition) is 1. The lowest BCUT2D eigenvalue weighted by molar-refractivity contribution is 0.189. The molecule has 1 saturated carbocycles. The molecule has 0 bridgehead atoms. The molecule has 1 fully saturated rings. The van der Waals surface area contributed by atoms with Gasteiger partial charge in [-0.2, -0.15) is 5.26 Å². The largest absolute Gasteiger partial charge is 0.335 e. The Morgan fingerprint density at radius 3 is 2.65 bits per heavy atom. The fourth-order valence-corrected chi connectivity index (χ4v) is 2.24. The third kappa shape index (κ3) is 4.64. The van der Waals surface area contributed by atoms with E-state index in [1.54, 1.807) is 4.90 Å². The fourth-order valence-electron chi connectivity index (χ4n) is 2.24. The van der Waals surface area contributed by atoms with Gasteiger partial charge in [0.05, 0.1) is 12.0 Å². The van der Waals surface area contributed by atoms with Crippen molar-refractivity contribution in [3.05, 3.63) is 0 Å². The Morgan fingerprint density at radius 2 is 2.12 bits per heavy atom. The molecule has 1 rings (SSSR count). The summed E-state index contributed by atoms with van der Waals surface area (Å²) < 4.78 is 0. The summed E-state index contributed by atoms with van der Waals surface area (Å²) in [7, 11) is 0. The van der Waals surface area contributed by atoms with Crippen LogP contribution in [0.25, 0.3) is 0 Å². The lowest BCUT2D eigenvalue weighted by Gasteiger charge is -2.28. The first-order chi connectivity index (χ1) is 8.17. The molecule has 1 N–H and O–H groups in total. The molecule has 17 heavy (non-hydrogen) atoms. The smallest absolute Gasteiger partial charge is 0.317 e. The maximum absolute atomic E-state index is 12.0. The van der Waals surface area contributed by atoms with E-state index < -0.39 is 0 Å². The van der Waals surface area contributed by atoms with Crippen LogP contribution in [0.15, 0.2) is 0 Å². The summed E-state index contributed by atoms with van der Waals surface area (Å²) in [6, 6.07) is 2.49. The Kier molecular flexibility index (Phi) is 5.82. The molecule has 0 aliphatic heterocycles. The van der Waals surface area contributed by atoms with Crippen molar-refractivity contribution in [1.82, 2.24) is 10.2 Å². The van der Waals surface area contributed by atoms with Crippen LogP contribution in [0.4, 0.5) is 4.79 Å². The van der Waals surface area contributed by atoms with Gasteiger partial charge in [0.15, 0.2) is 0 Å². The number of urea groups is 1. The van der Waals surface area contributed by atoms with Crippen LogP contribution in [0.1, 0.15) is 46.0 Å². The molecule has 1 aliphatic rings. The molecule has 1 unspecified atom stereocenters. The number of nitrogens with one attached hydrogen (secondary N) is 1. The van der Waals surface area contributed by atoms with Crippen LogP contribution >= 0.6 is 0 Å². The van der Waals surface area contributed by atoms with E-state index in [0.717, 1.165) is 12.8 Å². The number of carbonyl (C=O) groups is 1. The van der Waals surface area contributed by atoms with Crippen LogP contribution in [0.3, 0.4) is 0 Å². The topological polar surface area (TPSA) is 56.1 Å². The zero-order valence-corrected chi connectivity index (χ0v) is 10.9. The number of nitrogens with zero attached hydrogens (tertiary/aromatic N) is 2. The van der Waals surface area contributed by atoms with Crippen molar-refractivity contribution in [3.63, 3.8) is 0 Å². The average molecular weight is 237 g/mol. The van der Waals surface area contributed by atoms with E-state index in [4.69, 9.17) is 5.26 Å². The second kappa shape index (κ2) is 7.16. The van der Waals surface area contributed by atoms with Gasteiger partial charge in [-0.25, -0.2) is 4.79 Å². The van der Waals surface area contributed by atoms with Crippen molar-refractivity contribution in [2.75, 3.05) is 13.1 Å². The third-order valence-electron chi connectivity index (χ3n) is 3.32. The van der Waals surface area contributed by atoms with Gasteiger partial charge < -0.3 is 10.2 Å². The zero-order chi connectivity index (χ0) is 12.7. The van der Waals surface area contributed by atoms with Crippen molar-refractivity contribution in [2.45, 2.75) is 52.0 Å². The molecule has 0 aromatic carbocycles. The van der Waals surface area contributed by atoms with E-state index >= 15 is 0 Å². The van der Waals surface area contributed by atoms with Gasteiger partial charge in [-0.3, -0.25) is 0 Å². The number of amides is 2. The molecule has 0 saturated heterocycles. The molecule has 2 amide bonds. The molecule has 0 spiro atoms. The standard InChI is InChI=1S/C13H23N3O/c1-3-16(10-11(2)9-14)13(17)15-12-7-5-4-6-8-12/h11-12H,3-8,10H2,1-2H3,(H,15,17). The molecule has 0 heterocycles. The second-order valence-corrected chi connectivity index (χ2v) is 4.85. The van der Waals surface area contributed by atoms with Crippen LogP contribution in [-0.2, 0) is 0 Å². The van der Waals surface area contributed by atoms with E-state index in [9.17, 15) is 4.79 Å². The maximum Gasteiger partial charge on any atom is 0.317 e. The minimum atomic E-state index is -0.105. The van der Waals surface area contributed by atoms with Gasteiger partial charge in [0.2, 0.25) is 0 Å². The monoisotopic (exact) mass is 237 g/mol. The first-order valence-electron chi connectivity index (χ1n) is 6.62. The number of nitriles is 1. The summed E-state index contributed by atoms with van der Waals surface area (Å²) in [5, 5.41) is 11.9. The Bertz CT molecular complexity index is 279. The van der Waals surface area contributed by atoms with Gasteiger partial charge in [-0.05, 0) is 26.7 Å². The molecule has 4 heteroatoms. The molecule has 1 atom stereocenters. The number of hydrogen-bond acceptors (Lipinski definition) is 2. The Balaban J connectivity index is 2.40. The first kappa shape index (κ1) is 13.8. The van der Waals surface area contributed by atoms with E-state index in [0.29, 0.717) is 19.1 Å². The van der Waals surface area contributed by atoms with Gasteiger partial charge >= 0.3 is 6.03 Å². The maximum atomic E-state index is 12.0. The molecule has 0 aromatic rings. The molecule has 0 aromatic heterocycles. The molecule has 1 aliphatic carbocycles. The lowest BCUT2D eigenvalue weighted by atomic mass is 9.96. The summed E-state index contributed by atoms with van der Waals surface area (Å²) in [4.78, 5) is 13.7. The second-order valence-electron chi connectivity index (χ2n) is 4.85. The SMILES string of the molecule is CCN(CC(C)C#N)C(=O)NC1CCCCC1. The number of carbonyl (C=O) groups excluding carboxylic acids is 1. The predicted octanol–water partition coefficient (Wildman–Crippen LogP) is 2.51. The first-order valence-corrected chi connectivity index (χ1v) is 6.62. The minimum Gasteiger partial charge on any atom is -0.335 e. The van der Waals surface area contributed by atoms with Crippen molar-refractivity contribution in [2.24, 2.45) is 5.92 Å². The van der Waals surface area contributed by atoms with Crippen LogP contribution in [0, 0.1) is 17.2 Å². The normalized spacial score (nSPS) is 18.2. The highest BCUT2D eigenvalue weighted by Crippen LogP contribution is 2.17. The van der Waals surface area contributed by atoms with E-state index in [-0.39, 0.29) is 11.9 Å². The molecular weight excluding hydrogens is 214 g/mol. The Labute approximate surface area is 104 Å². The summed E-state index contributed by atoms with van der Waals surface area (Å²) in [6.45, 7) is 4.97. The summed E-state index contributed by atoms with van der Waals surface area (Å²) in [5.74, 6) is -0.105. The van der Waals surface area contributed by atoms with Gasteiger partial charge in [0.25, 0.3) is 0 Å². The summed E-state index contributed by atoms with van der Waals surface area (Å²) in [6.07, 6.45) is 5.90. The molecule has 96 valence electrons. The van der Waals surface area contributed by atoms with Gasteiger partial charge in [0.1, 0.15) is 0 Å². The van der Waals surface area contributed by atoms with Crippen LogP contribution < -0.4 is 5.32 Å². The highest BCUT2D eigenvalue weighted by molar-refractivity contribution is 5.74.